The number of rotatable bonds is 1. The van der Waals surface area contributed by atoms with Crippen LogP contribution in [0.25, 0.3) is 0 Å². The Hall–Kier alpha value is -0.0300. The van der Waals surface area contributed by atoms with Crippen LogP contribution in [0.4, 0.5) is 13.2 Å². The molecule has 1 aromatic carbocycles. The van der Waals surface area contributed by atoms with Gasteiger partial charge in [0.25, 0.3) is 0 Å². The molecule has 0 aromatic heterocycles. The molecule has 0 spiro atoms. The molecule has 0 saturated carbocycles. The van der Waals surface area contributed by atoms with E-state index >= 15 is 0 Å². The van der Waals surface area contributed by atoms with E-state index in [0.29, 0.717) is 4.47 Å². The van der Waals surface area contributed by atoms with Crippen molar-refractivity contribution in [2.45, 2.75) is 17.9 Å². The number of hydrogen-bond donors (Lipinski definition) is 0. The van der Waals surface area contributed by atoms with Crippen LogP contribution < -0.4 is 0 Å². The van der Waals surface area contributed by atoms with Gasteiger partial charge in [0, 0.05) is 4.47 Å². The highest BCUT2D eigenvalue weighted by atomic mass is 79.9. The smallest absolute Gasteiger partial charge is 0.169 e. The molecule has 0 aliphatic carbocycles. The van der Waals surface area contributed by atoms with Gasteiger partial charge < -0.3 is 0 Å². The molecule has 0 radical (unpaired) electrons. The van der Waals surface area contributed by atoms with Crippen LogP contribution in [0.1, 0.15) is 16.0 Å². The van der Waals surface area contributed by atoms with Gasteiger partial charge in [0.15, 0.2) is 0 Å². The number of hydrogen-bond acceptors (Lipinski definition) is 0. The summed E-state index contributed by atoms with van der Waals surface area (Å²) >= 11 is 5.79. The molecule has 14 heavy (non-hydrogen) atoms. The Morgan fingerprint density at radius 1 is 1.21 bits per heavy atom. The van der Waals surface area contributed by atoms with Crippen LogP contribution in [0.5, 0.6) is 0 Å². The fourth-order valence-electron chi connectivity index (χ4n) is 1.10. The number of aryl methyl sites for hydroxylation is 1. The van der Waals surface area contributed by atoms with Crippen LogP contribution in [-0.4, -0.2) is 6.18 Å². The largest absolute Gasteiger partial charge is 0.405 e. The van der Waals surface area contributed by atoms with E-state index in [1.807, 2.05) is 0 Å². The van der Waals surface area contributed by atoms with E-state index in [4.69, 9.17) is 0 Å². The zero-order valence-electron chi connectivity index (χ0n) is 7.20. The summed E-state index contributed by atoms with van der Waals surface area (Å²) in [5.74, 6) is 0. The summed E-state index contributed by atoms with van der Waals surface area (Å²) in [6.45, 7) is 1.75. The van der Waals surface area contributed by atoms with Crippen LogP contribution >= 0.6 is 31.9 Å². The molecule has 1 atom stereocenters. The van der Waals surface area contributed by atoms with Crippen molar-refractivity contribution in [2.24, 2.45) is 0 Å². The van der Waals surface area contributed by atoms with Crippen molar-refractivity contribution >= 4 is 31.9 Å². The van der Waals surface area contributed by atoms with Gasteiger partial charge in [-0.3, -0.25) is 0 Å². The van der Waals surface area contributed by atoms with Gasteiger partial charge in [-0.1, -0.05) is 37.9 Å². The zero-order chi connectivity index (χ0) is 10.9. The molecule has 5 heteroatoms. The molecule has 1 unspecified atom stereocenters. The summed E-state index contributed by atoms with van der Waals surface area (Å²) in [7, 11) is 0. The molecule has 0 nitrogen and oxygen atoms in total. The monoisotopic (exact) mass is 330 g/mol. The number of halogens is 5. The lowest BCUT2D eigenvalue weighted by Gasteiger charge is -2.15. The highest BCUT2D eigenvalue weighted by Crippen LogP contribution is 2.40. The van der Waals surface area contributed by atoms with Gasteiger partial charge in [0.2, 0.25) is 0 Å². The van der Waals surface area contributed by atoms with E-state index in [-0.39, 0.29) is 5.56 Å². The van der Waals surface area contributed by atoms with Crippen molar-refractivity contribution in [3.05, 3.63) is 33.8 Å². The minimum Gasteiger partial charge on any atom is -0.169 e. The van der Waals surface area contributed by atoms with Crippen molar-refractivity contribution in [2.75, 3.05) is 0 Å². The van der Waals surface area contributed by atoms with Gasteiger partial charge in [-0.05, 0) is 30.2 Å². The van der Waals surface area contributed by atoms with Crippen molar-refractivity contribution in [3.8, 4) is 0 Å². The SMILES string of the molecule is Cc1cc(Br)cc(C(Br)C(F)(F)F)c1. The minimum atomic E-state index is -4.26. The van der Waals surface area contributed by atoms with Crippen LogP contribution in [0.15, 0.2) is 22.7 Å². The first-order valence-electron chi connectivity index (χ1n) is 3.78. The molecule has 1 aromatic rings. The van der Waals surface area contributed by atoms with Gasteiger partial charge in [0.1, 0.15) is 4.83 Å². The fraction of sp³-hybridized carbons (Fsp3) is 0.333. The standard InChI is InChI=1S/C9H7Br2F3/c1-5-2-6(4-7(10)3-5)8(11)9(12,13)14/h2-4,8H,1H3. The number of alkyl halides is 4. The Morgan fingerprint density at radius 3 is 2.21 bits per heavy atom. The maximum atomic E-state index is 12.3. The maximum Gasteiger partial charge on any atom is 0.405 e. The van der Waals surface area contributed by atoms with Crippen LogP contribution in [0.2, 0.25) is 0 Å². The predicted octanol–water partition coefficient (Wildman–Crippen LogP) is 4.76. The zero-order valence-corrected chi connectivity index (χ0v) is 10.4. The Bertz CT molecular complexity index is 313. The fourth-order valence-corrected chi connectivity index (χ4v) is 1.99. The van der Waals surface area contributed by atoms with Crippen molar-refractivity contribution in [1.82, 2.24) is 0 Å². The van der Waals surface area contributed by atoms with Crippen molar-refractivity contribution < 1.29 is 13.2 Å². The lowest BCUT2D eigenvalue weighted by molar-refractivity contribution is -0.128. The Balaban J connectivity index is 3.07. The second-order valence-corrected chi connectivity index (χ2v) is 4.80. The van der Waals surface area contributed by atoms with E-state index in [0.717, 1.165) is 5.56 Å². The second kappa shape index (κ2) is 4.23. The van der Waals surface area contributed by atoms with Gasteiger partial charge in [-0.15, -0.1) is 0 Å². The molecule has 0 amide bonds. The summed E-state index contributed by atoms with van der Waals surface area (Å²) in [4.78, 5) is -1.61. The van der Waals surface area contributed by atoms with E-state index in [1.54, 1.807) is 13.0 Å². The Kier molecular flexibility index (Phi) is 3.63. The summed E-state index contributed by atoms with van der Waals surface area (Å²) in [6, 6.07) is 4.73. The summed E-state index contributed by atoms with van der Waals surface area (Å²) in [6.07, 6.45) is -4.26. The first-order chi connectivity index (χ1) is 6.30. The van der Waals surface area contributed by atoms with E-state index in [1.165, 1.54) is 12.1 Å². The molecule has 0 saturated heterocycles. The van der Waals surface area contributed by atoms with Gasteiger partial charge in [-0.25, -0.2) is 0 Å². The maximum absolute atomic E-state index is 12.3. The molecular weight excluding hydrogens is 325 g/mol. The minimum absolute atomic E-state index is 0.212. The average molecular weight is 332 g/mol. The predicted molar refractivity (Wildman–Crippen MR) is 56.6 cm³/mol. The molecule has 0 N–H and O–H groups in total. The van der Waals surface area contributed by atoms with Crippen molar-refractivity contribution in [3.63, 3.8) is 0 Å². The number of benzene rings is 1. The lowest BCUT2D eigenvalue weighted by atomic mass is 10.1. The third-order valence-corrected chi connectivity index (χ3v) is 3.15. The van der Waals surface area contributed by atoms with Crippen LogP contribution in [0.3, 0.4) is 0 Å². The summed E-state index contributed by atoms with van der Waals surface area (Å²) in [5, 5.41) is 0. The molecule has 0 aliphatic heterocycles. The molecule has 0 bridgehead atoms. The molecular formula is C9H7Br2F3. The third-order valence-electron chi connectivity index (χ3n) is 1.64. The normalized spacial score (nSPS) is 14.1. The highest BCUT2D eigenvalue weighted by molar-refractivity contribution is 9.10. The average Bonchev–Trinajstić information content (AvgIpc) is 1.99. The second-order valence-electron chi connectivity index (χ2n) is 2.97. The Labute approximate surface area is 96.8 Å². The van der Waals surface area contributed by atoms with Crippen LogP contribution in [-0.2, 0) is 0 Å². The Morgan fingerprint density at radius 2 is 1.79 bits per heavy atom. The molecule has 0 heterocycles. The van der Waals surface area contributed by atoms with Crippen molar-refractivity contribution in [1.29, 1.82) is 0 Å². The van der Waals surface area contributed by atoms with E-state index in [9.17, 15) is 13.2 Å². The van der Waals surface area contributed by atoms with Gasteiger partial charge in [0.05, 0.1) is 0 Å². The summed E-state index contributed by atoms with van der Waals surface area (Å²) < 4.78 is 37.7. The molecule has 1 rings (SSSR count). The van der Waals surface area contributed by atoms with E-state index in [2.05, 4.69) is 31.9 Å². The third kappa shape index (κ3) is 2.98. The van der Waals surface area contributed by atoms with Gasteiger partial charge >= 0.3 is 6.18 Å². The molecule has 0 aliphatic rings. The lowest BCUT2D eigenvalue weighted by Crippen LogP contribution is -2.15. The first kappa shape index (κ1) is 12.0. The topological polar surface area (TPSA) is 0 Å². The first-order valence-corrected chi connectivity index (χ1v) is 5.49. The molecule has 0 fully saturated rings. The van der Waals surface area contributed by atoms with Gasteiger partial charge in [-0.2, -0.15) is 13.2 Å². The quantitative estimate of drug-likeness (QED) is 0.651. The van der Waals surface area contributed by atoms with Crippen LogP contribution in [0, 0.1) is 6.92 Å². The summed E-state index contributed by atoms with van der Waals surface area (Å²) in [5.41, 5.74) is 1.01. The van der Waals surface area contributed by atoms with E-state index < -0.39 is 11.0 Å². The highest BCUT2D eigenvalue weighted by Gasteiger charge is 2.38. The molecule has 78 valence electrons.